The number of hydrogen-bond acceptors (Lipinski definition) is 4. The minimum Gasteiger partial charge on any atom is -0.492 e. The number of rotatable bonds is 8. The van der Waals surface area contributed by atoms with E-state index in [4.69, 9.17) is 21.4 Å². The van der Waals surface area contributed by atoms with Gasteiger partial charge < -0.3 is 14.4 Å². The fraction of sp³-hybridized carbons (Fsp3) is 0.379. The van der Waals surface area contributed by atoms with Crippen LogP contribution in [0.2, 0.25) is 5.02 Å². The summed E-state index contributed by atoms with van der Waals surface area (Å²) in [5.41, 5.74) is 3.78. The number of carbonyl (C=O) groups is 1. The Bertz CT molecular complexity index is 1360. The summed E-state index contributed by atoms with van der Waals surface area (Å²) in [6.07, 6.45) is 5.38. The fourth-order valence-corrected chi connectivity index (χ4v) is 5.67. The summed E-state index contributed by atoms with van der Waals surface area (Å²) in [5.74, 6) is -0.259. The molecule has 194 valence electrons. The minimum absolute atomic E-state index is 0.00886. The lowest BCUT2D eigenvalue weighted by molar-refractivity contribution is 0.0696. The molecule has 2 heterocycles. The molecule has 1 aromatic heterocycles. The first-order valence-corrected chi connectivity index (χ1v) is 13.1. The molecule has 0 atom stereocenters. The highest BCUT2D eigenvalue weighted by molar-refractivity contribution is 6.35. The molecule has 0 bridgehead atoms. The molecule has 0 spiro atoms. The molecule has 1 saturated heterocycles. The molecule has 8 heteroatoms. The number of hydrogen-bond donors (Lipinski definition) is 1. The number of piperidine rings is 1. The lowest BCUT2D eigenvalue weighted by Crippen LogP contribution is -2.37. The molecule has 0 radical (unpaired) electrons. The molecule has 1 saturated carbocycles. The van der Waals surface area contributed by atoms with Crippen molar-refractivity contribution in [2.75, 3.05) is 19.7 Å². The molecule has 1 aliphatic carbocycles. The van der Waals surface area contributed by atoms with E-state index < -0.39 is 5.97 Å². The molecular formula is C29H30ClFN2O4. The van der Waals surface area contributed by atoms with Gasteiger partial charge >= 0.3 is 5.97 Å². The molecule has 5 rings (SSSR count). The van der Waals surface area contributed by atoms with Crippen LogP contribution >= 0.6 is 11.6 Å². The summed E-state index contributed by atoms with van der Waals surface area (Å²) in [7, 11) is 0. The van der Waals surface area contributed by atoms with E-state index in [1.807, 2.05) is 6.92 Å². The Kier molecular flexibility index (Phi) is 7.36. The number of nitrogens with zero attached hydrogens (tertiary/aromatic N) is 2. The van der Waals surface area contributed by atoms with E-state index in [-0.39, 0.29) is 23.0 Å². The number of halogens is 2. The Balaban J connectivity index is 1.38. The van der Waals surface area contributed by atoms with Gasteiger partial charge in [-0.1, -0.05) is 23.7 Å². The first-order valence-electron chi connectivity index (χ1n) is 12.8. The predicted octanol–water partition coefficient (Wildman–Crippen LogP) is 6.12. The molecule has 1 N–H and O–H groups in total. The van der Waals surface area contributed by atoms with Crippen molar-refractivity contribution in [1.82, 2.24) is 9.47 Å². The first kappa shape index (κ1) is 25.5. The maximum atomic E-state index is 13.6. The van der Waals surface area contributed by atoms with E-state index in [0.29, 0.717) is 29.8 Å². The van der Waals surface area contributed by atoms with E-state index in [2.05, 4.69) is 11.0 Å². The summed E-state index contributed by atoms with van der Waals surface area (Å²) in [6, 6.07) is 11.4. The molecule has 0 unspecified atom stereocenters. The average Bonchev–Trinajstić information content (AvgIpc) is 3.73. The number of pyridine rings is 1. The van der Waals surface area contributed by atoms with Crippen LogP contribution in [-0.2, 0) is 6.54 Å². The van der Waals surface area contributed by atoms with Crippen LogP contribution in [0.15, 0.2) is 53.5 Å². The van der Waals surface area contributed by atoms with E-state index in [0.717, 1.165) is 55.5 Å². The predicted molar refractivity (Wildman–Crippen MR) is 141 cm³/mol. The van der Waals surface area contributed by atoms with E-state index >= 15 is 0 Å². The fourth-order valence-electron chi connectivity index (χ4n) is 5.27. The zero-order chi connectivity index (χ0) is 26.1. The second kappa shape index (κ2) is 10.7. The quantitative estimate of drug-likeness (QED) is 0.384. The Morgan fingerprint density at radius 1 is 1.11 bits per heavy atom. The van der Waals surface area contributed by atoms with Crippen molar-refractivity contribution in [2.24, 2.45) is 0 Å². The smallest absolute Gasteiger partial charge is 0.335 e. The lowest BCUT2D eigenvalue weighted by atomic mass is 9.93. The number of ether oxygens (including phenoxy) is 1. The van der Waals surface area contributed by atoms with Crippen LogP contribution in [0.25, 0.3) is 11.1 Å². The Morgan fingerprint density at radius 3 is 2.41 bits per heavy atom. The highest BCUT2D eigenvalue weighted by Gasteiger charge is 2.31. The van der Waals surface area contributed by atoms with Crippen LogP contribution in [0, 0.1) is 5.82 Å². The Morgan fingerprint density at radius 2 is 1.81 bits per heavy atom. The van der Waals surface area contributed by atoms with Gasteiger partial charge in [-0.3, -0.25) is 9.69 Å². The van der Waals surface area contributed by atoms with Crippen LogP contribution in [0.5, 0.6) is 5.75 Å². The second-order valence-electron chi connectivity index (χ2n) is 9.83. The normalized spacial score (nSPS) is 16.6. The molecule has 2 aliphatic rings. The molecule has 1 aliphatic heterocycles. The van der Waals surface area contributed by atoms with Gasteiger partial charge in [-0.05, 0) is 73.9 Å². The van der Waals surface area contributed by atoms with Gasteiger partial charge in [-0.15, -0.1) is 0 Å². The molecule has 3 aromatic rings. The van der Waals surface area contributed by atoms with Crippen LogP contribution in [0.3, 0.4) is 0 Å². The van der Waals surface area contributed by atoms with Gasteiger partial charge in [0.25, 0.3) is 5.56 Å². The van der Waals surface area contributed by atoms with Gasteiger partial charge in [-0.25, -0.2) is 9.18 Å². The summed E-state index contributed by atoms with van der Waals surface area (Å²) in [6.45, 7) is 4.68. The number of benzene rings is 2. The Labute approximate surface area is 220 Å². The maximum Gasteiger partial charge on any atom is 0.335 e. The second-order valence-corrected chi connectivity index (χ2v) is 10.2. The van der Waals surface area contributed by atoms with Gasteiger partial charge in [0.1, 0.15) is 11.6 Å². The van der Waals surface area contributed by atoms with Crippen LogP contribution in [0.1, 0.15) is 66.1 Å². The standard InChI is InChI=1S/C29H30ClFN2O4/c1-2-37-28-21(15-24(18-3-4-18)26(27(28)30)19-5-7-22(31)8-6-19)17-32-12-10-23(11-13-32)33-14-9-20(29(35)36)16-25(33)34/h5-9,14-16,18,23H,2-4,10-13,17H2,1H3,(H,35,36). The number of aromatic carboxylic acids is 1. The number of carboxylic acid groups (broad SMARTS) is 1. The lowest BCUT2D eigenvalue weighted by Gasteiger charge is -2.33. The number of aromatic nitrogens is 1. The van der Waals surface area contributed by atoms with Crippen molar-refractivity contribution in [3.63, 3.8) is 0 Å². The molecule has 0 amide bonds. The SMILES string of the molecule is CCOc1c(CN2CCC(n3ccc(C(=O)O)cc3=O)CC2)cc(C2CC2)c(-c2ccc(F)cc2)c1Cl. The van der Waals surface area contributed by atoms with Crippen LogP contribution < -0.4 is 10.3 Å². The molecule has 2 fully saturated rings. The molecular weight excluding hydrogens is 495 g/mol. The third-order valence-corrected chi connectivity index (χ3v) is 7.67. The van der Waals surface area contributed by atoms with Crippen molar-refractivity contribution in [3.8, 4) is 16.9 Å². The zero-order valence-electron chi connectivity index (χ0n) is 20.8. The van der Waals surface area contributed by atoms with Crippen LogP contribution in [0.4, 0.5) is 4.39 Å². The summed E-state index contributed by atoms with van der Waals surface area (Å²) < 4.78 is 21.3. The van der Waals surface area contributed by atoms with Crippen molar-refractivity contribution in [3.05, 3.63) is 86.5 Å². The van der Waals surface area contributed by atoms with Crippen molar-refractivity contribution < 1.29 is 19.0 Å². The van der Waals surface area contributed by atoms with E-state index in [9.17, 15) is 14.0 Å². The molecule has 6 nitrogen and oxygen atoms in total. The van der Waals surface area contributed by atoms with E-state index in [1.165, 1.54) is 29.8 Å². The van der Waals surface area contributed by atoms with E-state index in [1.54, 1.807) is 22.9 Å². The van der Waals surface area contributed by atoms with Gasteiger partial charge in [0, 0.05) is 49.1 Å². The average molecular weight is 525 g/mol. The van der Waals surface area contributed by atoms with Gasteiger partial charge in [0.05, 0.1) is 17.2 Å². The van der Waals surface area contributed by atoms with Crippen molar-refractivity contribution in [2.45, 2.75) is 51.1 Å². The first-order chi connectivity index (χ1) is 17.9. The third-order valence-electron chi connectivity index (χ3n) is 7.31. The van der Waals surface area contributed by atoms with Crippen molar-refractivity contribution >= 4 is 17.6 Å². The largest absolute Gasteiger partial charge is 0.492 e. The molecule has 37 heavy (non-hydrogen) atoms. The highest BCUT2D eigenvalue weighted by atomic mass is 35.5. The summed E-state index contributed by atoms with van der Waals surface area (Å²) >= 11 is 7.00. The highest BCUT2D eigenvalue weighted by Crippen LogP contribution is 2.50. The van der Waals surface area contributed by atoms with Gasteiger partial charge in [0.2, 0.25) is 0 Å². The van der Waals surface area contributed by atoms with Crippen molar-refractivity contribution in [1.29, 1.82) is 0 Å². The van der Waals surface area contributed by atoms with Crippen LogP contribution in [-0.4, -0.2) is 40.2 Å². The Hall–Kier alpha value is -3.16. The number of carboxylic acids is 1. The minimum atomic E-state index is -1.10. The van der Waals surface area contributed by atoms with Gasteiger partial charge in [-0.2, -0.15) is 0 Å². The van der Waals surface area contributed by atoms with Gasteiger partial charge in [0.15, 0.2) is 0 Å². The number of likely N-dealkylation sites (tertiary alicyclic amines) is 1. The maximum absolute atomic E-state index is 13.6. The monoisotopic (exact) mass is 524 g/mol. The summed E-state index contributed by atoms with van der Waals surface area (Å²) in [5, 5.41) is 9.70. The third kappa shape index (κ3) is 5.43. The topological polar surface area (TPSA) is 71.8 Å². The zero-order valence-corrected chi connectivity index (χ0v) is 21.5. The molecule has 2 aromatic carbocycles. The summed E-state index contributed by atoms with van der Waals surface area (Å²) in [4.78, 5) is 26.0.